The Balaban J connectivity index is 1.52. The summed E-state index contributed by atoms with van der Waals surface area (Å²) in [6.07, 6.45) is 13.2. The first kappa shape index (κ1) is 18.9. The number of aliphatic hydroxyl groups is 2. The molecule has 0 saturated heterocycles. The molecule has 0 bridgehead atoms. The molecule has 0 spiro atoms. The van der Waals surface area contributed by atoms with E-state index in [0.29, 0.717) is 17.8 Å². The zero-order valence-corrected chi connectivity index (χ0v) is 15.8. The van der Waals surface area contributed by atoms with E-state index in [2.05, 4.69) is 25.1 Å². The lowest BCUT2D eigenvalue weighted by Crippen LogP contribution is -2.19. The fourth-order valence-corrected chi connectivity index (χ4v) is 4.98. The SMILES string of the molecule is CN(C)CCO/C=C1/CC2[C@@H](C1)C[C@@H](O)[C@@H]2/C=C/[C@@H](O)C1CCCC1. The van der Waals surface area contributed by atoms with E-state index in [-0.39, 0.29) is 18.1 Å². The van der Waals surface area contributed by atoms with Gasteiger partial charge >= 0.3 is 0 Å². The fourth-order valence-electron chi connectivity index (χ4n) is 4.98. The molecule has 4 nitrogen and oxygen atoms in total. The van der Waals surface area contributed by atoms with Crippen LogP contribution in [0.1, 0.15) is 44.9 Å². The monoisotopic (exact) mass is 349 g/mol. The third kappa shape index (κ3) is 4.87. The summed E-state index contributed by atoms with van der Waals surface area (Å²) >= 11 is 0. The molecule has 0 aromatic rings. The molecule has 3 aliphatic carbocycles. The Morgan fingerprint density at radius 3 is 2.72 bits per heavy atom. The van der Waals surface area contributed by atoms with Crippen LogP contribution in [0.2, 0.25) is 0 Å². The minimum Gasteiger partial charge on any atom is -0.500 e. The highest BCUT2D eigenvalue weighted by molar-refractivity contribution is 5.16. The number of hydrogen-bond donors (Lipinski definition) is 2. The summed E-state index contributed by atoms with van der Waals surface area (Å²) in [7, 11) is 4.10. The van der Waals surface area contributed by atoms with Crippen LogP contribution in [0.15, 0.2) is 24.0 Å². The molecule has 0 radical (unpaired) electrons. The van der Waals surface area contributed by atoms with E-state index in [0.717, 1.165) is 45.3 Å². The van der Waals surface area contributed by atoms with Crippen molar-refractivity contribution >= 4 is 0 Å². The second kappa shape index (κ2) is 8.70. The van der Waals surface area contributed by atoms with E-state index in [1.165, 1.54) is 18.4 Å². The summed E-state index contributed by atoms with van der Waals surface area (Å²) in [5.74, 6) is 1.69. The molecule has 5 atom stereocenters. The van der Waals surface area contributed by atoms with E-state index >= 15 is 0 Å². The highest BCUT2D eigenvalue weighted by Gasteiger charge is 2.45. The molecule has 142 valence electrons. The molecule has 0 aromatic carbocycles. The third-order valence-corrected chi connectivity index (χ3v) is 6.43. The second-order valence-electron chi connectivity index (χ2n) is 8.58. The van der Waals surface area contributed by atoms with Gasteiger partial charge in [-0.1, -0.05) is 25.0 Å². The van der Waals surface area contributed by atoms with Crippen molar-refractivity contribution in [1.82, 2.24) is 4.90 Å². The summed E-state index contributed by atoms with van der Waals surface area (Å²) in [6.45, 7) is 1.66. The van der Waals surface area contributed by atoms with Crippen molar-refractivity contribution in [2.45, 2.75) is 57.2 Å². The van der Waals surface area contributed by atoms with Crippen LogP contribution in [-0.2, 0) is 4.74 Å². The molecular weight excluding hydrogens is 314 g/mol. The van der Waals surface area contributed by atoms with Gasteiger partial charge in [0.25, 0.3) is 0 Å². The van der Waals surface area contributed by atoms with Crippen LogP contribution in [0, 0.1) is 23.7 Å². The van der Waals surface area contributed by atoms with Crippen LogP contribution in [0.3, 0.4) is 0 Å². The number of ether oxygens (including phenoxy) is 1. The van der Waals surface area contributed by atoms with Gasteiger partial charge < -0.3 is 19.8 Å². The minimum absolute atomic E-state index is 0.189. The normalized spacial score (nSPS) is 36.0. The van der Waals surface area contributed by atoms with Crippen LogP contribution in [-0.4, -0.2) is 54.6 Å². The number of aliphatic hydroxyl groups excluding tert-OH is 2. The first-order valence-electron chi connectivity index (χ1n) is 10.0. The number of nitrogens with zero attached hydrogens (tertiary/aromatic N) is 1. The second-order valence-corrected chi connectivity index (χ2v) is 8.58. The zero-order chi connectivity index (χ0) is 17.8. The molecule has 3 rings (SSSR count). The van der Waals surface area contributed by atoms with Gasteiger partial charge in [0.05, 0.1) is 25.1 Å². The number of rotatable bonds is 7. The van der Waals surface area contributed by atoms with Crippen molar-refractivity contribution < 1.29 is 14.9 Å². The summed E-state index contributed by atoms with van der Waals surface area (Å²) < 4.78 is 5.70. The molecule has 3 fully saturated rings. The summed E-state index contributed by atoms with van der Waals surface area (Å²) in [6, 6.07) is 0. The number of hydrogen-bond acceptors (Lipinski definition) is 4. The van der Waals surface area contributed by atoms with Crippen molar-refractivity contribution in [1.29, 1.82) is 0 Å². The van der Waals surface area contributed by atoms with Crippen LogP contribution < -0.4 is 0 Å². The van der Waals surface area contributed by atoms with Gasteiger partial charge in [-0.3, -0.25) is 0 Å². The van der Waals surface area contributed by atoms with Crippen molar-refractivity contribution in [2.75, 3.05) is 27.2 Å². The van der Waals surface area contributed by atoms with Crippen molar-refractivity contribution in [3.8, 4) is 0 Å². The predicted molar refractivity (Wildman–Crippen MR) is 100 cm³/mol. The van der Waals surface area contributed by atoms with Gasteiger partial charge in [-0.2, -0.15) is 0 Å². The maximum atomic E-state index is 10.4. The average molecular weight is 350 g/mol. The van der Waals surface area contributed by atoms with Crippen molar-refractivity contribution in [3.05, 3.63) is 24.0 Å². The fraction of sp³-hybridized carbons (Fsp3) is 0.810. The van der Waals surface area contributed by atoms with Crippen LogP contribution in [0.5, 0.6) is 0 Å². The van der Waals surface area contributed by atoms with Gasteiger partial charge in [0.15, 0.2) is 0 Å². The minimum atomic E-state index is -0.334. The summed E-state index contributed by atoms with van der Waals surface area (Å²) in [4.78, 5) is 2.12. The zero-order valence-electron chi connectivity index (χ0n) is 15.8. The van der Waals surface area contributed by atoms with Gasteiger partial charge in [-0.25, -0.2) is 0 Å². The van der Waals surface area contributed by atoms with E-state index < -0.39 is 0 Å². The molecule has 0 aromatic heterocycles. The smallest absolute Gasteiger partial charge is 0.0999 e. The Bertz CT molecular complexity index is 482. The highest BCUT2D eigenvalue weighted by atomic mass is 16.5. The third-order valence-electron chi connectivity index (χ3n) is 6.43. The summed E-state index contributed by atoms with van der Waals surface area (Å²) in [5.41, 5.74) is 1.38. The lowest BCUT2D eigenvalue weighted by atomic mass is 9.89. The largest absolute Gasteiger partial charge is 0.500 e. The molecular formula is C21H35NO3. The molecule has 0 heterocycles. The van der Waals surface area contributed by atoms with Crippen molar-refractivity contribution in [2.24, 2.45) is 23.7 Å². The van der Waals surface area contributed by atoms with E-state index in [1.807, 2.05) is 12.3 Å². The van der Waals surface area contributed by atoms with Crippen LogP contribution >= 0.6 is 0 Å². The van der Waals surface area contributed by atoms with Gasteiger partial charge in [0.2, 0.25) is 0 Å². The molecule has 2 N–H and O–H groups in total. The molecule has 4 heteroatoms. The number of allylic oxidation sites excluding steroid dienone is 1. The molecule has 3 aliphatic rings. The standard InChI is InChI=1S/C21H35NO3/c1-22(2)9-10-25-14-15-11-17-13-21(24)18(19(17)12-15)7-8-20(23)16-5-3-4-6-16/h7-8,14,16-21,23-24H,3-6,9-13H2,1-2H3/b8-7+,15-14+/t17-,18+,19?,20+,21+/m0/s1. The average Bonchev–Trinajstić information content (AvgIpc) is 3.26. The number of fused-ring (bicyclic) bond motifs is 1. The Morgan fingerprint density at radius 1 is 1.24 bits per heavy atom. The van der Waals surface area contributed by atoms with Gasteiger partial charge in [0, 0.05) is 12.5 Å². The highest BCUT2D eigenvalue weighted by Crippen LogP contribution is 2.50. The Kier molecular flexibility index (Phi) is 6.59. The lowest BCUT2D eigenvalue weighted by molar-refractivity contribution is 0.135. The van der Waals surface area contributed by atoms with E-state index in [4.69, 9.17) is 4.74 Å². The van der Waals surface area contributed by atoms with Crippen molar-refractivity contribution in [3.63, 3.8) is 0 Å². The van der Waals surface area contributed by atoms with E-state index in [9.17, 15) is 10.2 Å². The first-order valence-corrected chi connectivity index (χ1v) is 10.0. The number of likely N-dealkylation sites (N-methyl/N-ethyl adjacent to an activating group) is 1. The first-order chi connectivity index (χ1) is 12.0. The maximum absolute atomic E-state index is 10.4. The van der Waals surface area contributed by atoms with Gasteiger partial charge in [-0.15, -0.1) is 0 Å². The summed E-state index contributed by atoms with van der Waals surface area (Å²) in [5, 5.41) is 20.8. The predicted octanol–water partition coefficient (Wildman–Crippen LogP) is 2.96. The Morgan fingerprint density at radius 2 is 2.00 bits per heavy atom. The van der Waals surface area contributed by atoms with Crippen LogP contribution in [0.25, 0.3) is 0 Å². The quantitative estimate of drug-likeness (QED) is 0.421. The molecule has 0 amide bonds. The topological polar surface area (TPSA) is 52.9 Å². The van der Waals surface area contributed by atoms with Gasteiger partial charge in [-0.05, 0) is 69.5 Å². The molecule has 0 aliphatic heterocycles. The maximum Gasteiger partial charge on any atom is 0.0999 e. The Hall–Kier alpha value is -0.840. The lowest BCUT2D eigenvalue weighted by Gasteiger charge is -2.19. The Labute approximate surface area is 152 Å². The van der Waals surface area contributed by atoms with Crippen LogP contribution in [0.4, 0.5) is 0 Å². The van der Waals surface area contributed by atoms with E-state index in [1.54, 1.807) is 0 Å². The molecule has 25 heavy (non-hydrogen) atoms. The van der Waals surface area contributed by atoms with Gasteiger partial charge in [0.1, 0.15) is 0 Å². The molecule has 3 saturated carbocycles. The molecule has 1 unspecified atom stereocenters.